The van der Waals surface area contributed by atoms with Gasteiger partial charge >= 0.3 is 0 Å². The highest BCUT2D eigenvalue weighted by molar-refractivity contribution is 7.89. The zero-order valence-corrected chi connectivity index (χ0v) is 17.5. The largest absolute Gasteiger partial charge is 0.496 e. The maximum absolute atomic E-state index is 13.4. The van der Waals surface area contributed by atoms with Gasteiger partial charge in [0.15, 0.2) is 0 Å². The van der Waals surface area contributed by atoms with E-state index in [4.69, 9.17) is 4.74 Å². The molecule has 28 heavy (non-hydrogen) atoms. The molecule has 1 heterocycles. The molecule has 3 rings (SSSR count). The second-order valence-corrected chi connectivity index (χ2v) is 9.10. The molecule has 0 radical (unpaired) electrons. The number of benzene rings is 2. The lowest BCUT2D eigenvalue weighted by atomic mass is 10.0. The van der Waals surface area contributed by atoms with Gasteiger partial charge in [0, 0.05) is 12.6 Å². The van der Waals surface area contributed by atoms with Crippen molar-refractivity contribution in [2.45, 2.75) is 38.1 Å². The molecule has 1 atom stereocenters. The molecule has 2 aromatic carbocycles. The van der Waals surface area contributed by atoms with Crippen LogP contribution in [0.1, 0.15) is 22.3 Å². The van der Waals surface area contributed by atoms with E-state index in [1.807, 2.05) is 37.3 Å². The minimum atomic E-state index is -3.81. The maximum Gasteiger partial charge on any atom is 0.244 e. The summed E-state index contributed by atoms with van der Waals surface area (Å²) in [7, 11) is -2.24. The molecule has 1 saturated heterocycles. The van der Waals surface area contributed by atoms with Gasteiger partial charge in [-0.15, -0.1) is 0 Å². The Morgan fingerprint density at radius 2 is 1.82 bits per heavy atom. The zero-order valence-electron chi connectivity index (χ0n) is 16.7. The Morgan fingerprint density at radius 3 is 2.46 bits per heavy atom. The van der Waals surface area contributed by atoms with Gasteiger partial charge < -0.3 is 10.1 Å². The Labute approximate surface area is 166 Å². The Hall–Kier alpha value is -2.38. The first-order valence-electron chi connectivity index (χ1n) is 9.22. The highest BCUT2D eigenvalue weighted by Crippen LogP contribution is 2.32. The third kappa shape index (κ3) is 3.91. The number of carbonyl (C=O) groups is 1. The molecule has 0 saturated carbocycles. The number of hydrogen-bond acceptors (Lipinski definition) is 4. The molecule has 0 spiro atoms. The van der Waals surface area contributed by atoms with Crippen LogP contribution in [0, 0.1) is 20.8 Å². The quantitative estimate of drug-likeness (QED) is 0.833. The van der Waals surface area contributed by atoms with E-state index in [0.29, 0.717) is 23.3 Å². The van der Waals surface area contributed by atoms with Crippen molar-refractivity contribution in [2.75, 3.05) is 20.2 Å². The summed E-state index contributed by atoms with van der Waals surface area (Å²) in [4.78, 5) is 12.5. The van der Waals surface area contributed by atoms with Gasteiger partial charge in [0.05, 0.1) is 18.6 Å². The molecule has 1 amide bonds. The van der Waals surface area contributed by atoms with Gasteiger partial charge in [-0.2, -0.15) is 4.31 Å². The van der Waals surface area contributed by atoms with Gasteiger partial charge in [0.2, 0.25) is 15.9 Å². The average Bonchev–Trinajstić information content (AvgIpc) is 2.65. The van der Waals surface area contributed by atoms with Gasteiger partial charge in [-0.1, -0.05) is 30.3 Å². The predicted molar refractivity (Wildman–Crippen MR) is 108 cm³/mol. The second kappa shape index (κ2) is 7.93. The summed E-state index contributed by atoms with van der Waals surface area (Å²) in [5.74, 6) is 0.378. The number of piperazine rings is 1. The lowest BCUT2D eigenvalue weighted by Crippen LogP contribution is -2.56. The van der Waals surface area contributed by atoms with Crippen LogP contribution in [0.5, 0.6) is 5.75 Å². The van der Waals surface area contributed by atoms with Gasteiger partial charge in [-0.05, 0) is 55.5 Å². The molecule has 1 fully saturated rings. The van der Waals surface area contributed by atoms with Crippen molar-refractivity contribution in [1.82, 2.24) is 9.62 Å². The Morgan fingerprint density at radius 1 is 1.14 bits per heavy atom. The van der Waals surface area contributed by atoms with Crippen LogP contribution in [-0.2, 0) is 21.2 Å². The molecule has 0 aromatic heterocycles. The highest BCUT2D eigenvalue weighted by Gasteiger charge is 2.35. The van der Waals surface area contributed by atoms with E-state index in [1.165, 1.54) is 4.31 Å². The number of rotatable bonds is 5. The van der Waals surface area contributed by atoms with Crippen LogP contribution in [0.25, 0.3) is 0 Å². The monoisotopic (exact) mass is 402 g/mol. The van der Waals surface area contributed by atoms with Crippen LogP contribution in [0.2, 0.25) is 0 Å². The van der Waals surface area contributed by atoms with E-state index in [2.05, 4.69) is 5.32 Å². The third-order valence-electron chi connectivity index (χ3n) is 5.23. The van der Waals surface area contributed by atoms with Crippen LogP contribution in [0.3, 0.4) is 0 Å². The number of nitrogens with zero attached hydrogens (tertiary/aromatic N) is 1. The van der Waals surface area contributed by atoms with Crippen molar-refractivity contribution in [1.29, 1.82) is 0 Å². The van der Waals surface area contributed by atoms with E-state index < -0.39 is 10.0 Å². The first-order chi connectivity index (χ1) is 13.2. The summed E-state index contributed by atoms with van der Waals surface area (Å²) in [5, 5.41) is 2.91. The smallest absolute Gasteiger partial charge is 0.244 e. The summed E-state index contributed by atoms with van der Waals surface area (Å²) in [6.45, 7) is 5.45. The molecule has 7 heteroatoms. The third-order valence-corrected chi connectivity index (χ3v) is 7.33. The molecular formula is C21H26N2O4S. The lowest BCUT2D eigenvalue weighted by Gasteiger charge is -2.33. The summed E-state index contributed by atoms with van der Waals surface area (Å²) >= 11 is 0. The Balaban J connectivity index is 1.93. The highest BCUT2D eigenvalue weighted by atomic mass is 32.2. The van der Waals surface area contributed by atoms with E-state index in [0.717, 1.165) is 11.1 Å². The summed E-state index contributed by atoms with van der Waals surface area (Å²) in [6.07, 6.45) is 0.582. The molecule has 150 valence electrons. The number of sulfonamides is 1. The molecule has 1 aliphatic heterocycles. The van der Waals surface area contributed by atoms with Crippen molar-refractivity contribution in [3.63, 3.8) is 0 Å². The van der Waals surface area contributed by atoms with Gasteiger partial charge in [0.25, 0.3) is 0 Å². The maximum atomic E-state index is 13.4. The summed E-state index contributed by atoms with van der Waals surface area (Å²) < 4.78 is 33.5. The first kappa shape index (κ1) is 20.4. The number of ether oxygens (including phenoxy) is 1. The van der Waals surface area contributed by atoms with Crippen molar-refractivity contribution in [2.24, 2.45) is 0 Å². The molecule has 0 aliphatic carbocycles. The number of hydrogen-bond donors (Lipinski definition) is 1. The van der Waals surface area contributed by atoms with E-state index in [9.17, 15) is 13.2 Å². The first-order valence-corrected chi connectivity index (χ1v) is 10.7. The summed E-state index contributed by atoms with van der Waals surface area (Å²) in [6, 6.07) is 11.2. The molecule has 6 nitrogen and oxygen atoms in total. The van der Waals surface area contributed by atoms with Crippen LogP contribution in [0.4, 0.5) is 0 Å². The average molecular weight is 403 g/mol. The van der Waals surface area contributed by atoms with E-state index >= 15 is 0 Å². The fourth-order valence-corrected chi connectivity index (χ4v) is 5.67. The van der Waals surface area contributed by atoms with E-state index in [1.54, 1.807) is 27.0 Å². The zero-order chi connectivity index (χ0) is 20.5. The number of aryl methyl sites for hydroxylation is 1. The normalized spacial score (nSPS) is 18.0. The number of amides is 1. The van der Waals surface area contributed by atoms with Crippen LogP contribution >= 0.6 is 0 Å². The van der Waals surface area contributed by atoms with Gasteiger partial charge in [-0.25, -0.2) is 8.42 Å². The number of methoxy groups -OCH3 is 1. The summed E-state index contributed by atoms with van der Waals surface area (Å²) in [5.41, 5.74) is 3.11. The molecule has 1 aliphatic rings. The fourth-order valence-electron chi connectivity index (χ4n) is 3.75. The second-order valence-electron chi connectivity index (χ2n) is 7.23. The van der Waals surface area contributed by atoms with Gasteiger partial charge in [-0.3, -0.25) is 4.79 Å². The fraction of sp³-hybridized carbons (Fsp3) is 0.381. The van der Waals surface area contributed by atoms with Crippen LogP contribution < -0.4 is 10.1 Å². The van der Waals surface area contributed by atoms with Crippen LogP contribution in [-0.4, -0.2) is 44.9 Å². The molecule has 0 bridgehead atoms. The van der Waals surface area contributed by atoms with Crippen molar-refractivity contribution in [3.8, 4) is 5.75 Å². The minimum absolute atomic E-state index is 0.169. The number of nitrogens with one attached hydrogen (secondary N) is 1. The van der Waals surface area contributed by atoms with E-state index in [-0.39, 0.29) is 29.9 Å². The van der Waals surface area contributed by atoms with Crippen LogP contribution in [0.15, 0.2) is 41.3 Å². The Bertz CT molecular complexity index is 987. The van der Waals surface area contributed by atoms with Crippen molar-refractivity contribution < 1.29 is 17.9 Å². The molecular weight excluding hydrogens is 376 g/mol. The SMILES string of the molecule is COc1cc(C)c(S(=O)(=O)N2CC(=O)N[C@@H](Cc3ccccc3)C2)c(C)c1C. The predicted octanol–water partition coefficient (Wildman–Crippen LogP) is 2.35. The van der Waals surface area contributed by atoms with Gasteiger partial charge in [0.1, 0.15) is 5.75 Å². The minimum Gasteiger partial charge on any atom is -0.496 e. The standard InChI is InChI=1S/C21H26N2O4S/c1-14-10-19(27-4)15(2)16(3)21(14)28(25,26)23-12-18(22-20(24)13-23)11-17-8-6-5-7-9-17/h5-10,18H,11-13H2,1-4H3,(H,22,24)/t18-/m0/s1. The van der Waals surface area contributed by atoms with Crippen molar-refractivity contribution >= 4 is 15.9 Å². The molecule has 2 aromatic rings. The Kier molecular flexibility index (Phi) is 5.76. The van der Waals surface area contributed by atoms with Crippen molar-refractivity contribution in [3.05, 3.63) is 58.7 Å². The lowest BCUT2D eigenvalue weighted by molar-refractivity contribution is -0.123. The molecule has 0 unspecified atom stereocenters. The number of carbonyl (C=O) groups excluding carboxylic acids is 1. The topological polar surface area (TPSA) is 75.7 Å². The molecule has 1 N–H and O–H groups in total.